The second kappa shape index (κ2) is 7.66. The van der Waals surface area contributed by atoms with Crippen molar-refractivity contribution in [1.82, 2.24) is 0 Å². The Balaban J connectivity index is 1.73. The molecule has 2 heterocycles. The third-order valence-corrected chi connectivity index (χ3v) is 4.96. The minimum Gasteiger partial charge on any atom is -0.338 e. The molecule has 0 bridgehead atoms. The molecule has 0 radical (unpaired) electrons. The number of hydrogen-bond acceptors (Lipinski definition) is 3. The number of rotatable bonds is 7. The van der Waals surface area contributed by atoms with E-state index >= 15 is 0 Å². The zero-order valence-electron chi connectivity index (χ0n) is 15.0. The third-order valence-electron chi connectivity index (χ3n) is 4.96. The highest BCUT2D eigenvalue weighted by atomic mass is 16.7. The van der Waals surface area contributed by atoms with Crippen LogP contribution in [0.1, 0.15) is 63.0 Å². The molecule has 4 heteroatoms. The zero-order chi connectivity index (χ0) is 17.0. The first-order valence-electron chi connectivity index (χ1n) is 9.40. The molecular weight excluding hydrogens is 302 g/mol. The van der Waals surface area contributed by atoms with Crippen LogP contribution in [0.2, 0.25) is 0 Å². The van der Waals surface area contributed by atoms with Crippen molar-refractivity contribution in [2.24, 2.45) is 0 Å². The van der Waals surface area contributed by atoms with Crippen molar-refractivity contribution < 1.29 is 14.3 Å². The summed E-state index contributed by atoms with van der Waals surface area (Å²) in [7, 11) is 0. The maximum absolute atomic E-state index is 13.1. The Labute approximate surface area is 145 Å². The molecule has 2 aliphatic rings. The van der Waals surface area contributed by atoms with Crippen LogP contribution in [0, 0.1) is 6.92 Å². The number of aryl methyl sites for hydroxylation is 1. The molecule has 1 amide bonds. The fraction of sp³-hybridized carbons (Fsp3) is 0.650. The van der Waals surface area contributed by atoms with Gasteiger partial charge in [0.25, 0.3) is 11.7 Å². The van der Waals surface area contributed by atoms with E-state index in [1.54, 1.807) is 0 Å². The van der Waals surface area contributed by atoms with Crippen molar-refractivity contribution in [2.45, 2.75) is 64.6 Å². The van der Waals surface area contributed by atoms with E-state index in [0.717, 1.165) is 36.2 Å². The number of carbonyl (C=O) groups excluding carboxylic acids is 1. The number of unbranched alkanes of at least 4 members (excludes halogenated alkanes) is 5. The smallest absolute Gasteiger partial charge is 0.292 e. The lowest BCUT2D eigenvalue weighted by Gasteiger charge is -2.32. The van der Waals surface area contributed by atoms with E-state index in [4.69, 9.17) is 9.47 Å². The SMILES string of the molecule is CCCCCCCCN1C(=O)C2(OCCCO2)c2cc(C)ccc21. The van der Waals surface area contributed by atoms with Crippen LogP contribution in [0.15, 0.2) is 18.2 Å². The Kier molecular flexibility index (Phi) is 5.57. The van der Waals surface area contributed by atoms with Crippen molar-refractivity contribution in [3.63, 3.8) is 0 Å². The van der Waals surface area contributed by atoms with Gasteiger partial charge in [0.2, 0.25) is 0 Å². The van der Waals surface area contributed by atoms with E-state index in [1.165, 1.54) is 32.1 Å². The van der Waals surface area contributed by atoms with Crippen molar-refractivity contribution in [3.8, 4) is 0 Å². The van der Waals surface area contributed by atoms with Gasteiger partial charge in [-0.15, -0.1) is 0 Å². The molecule has 4 nitrogen and oxygen atoms in total. The lowest BCUT2D eigenvalue weighted by atomic mass is 10.0. The number of amides is 1. The van der Waals surface area contributed by atoms with Gasteiger partial charge in [0.1, 0.15) is 0 Å². The number of hydrogen-bond donors (Lipinski definition) is 0. The monoisotopic (exact) mass is 331 g/mol. The summed E-state index contributed by atoms with van der Waals surface area (Å²) in [5.41, 5.74) is 2.97. The van der Waals surface area contributed by atoms with Gasteiger partial charge in [-0.05, 0) is 31.9 Å². The quantitative estimate of drug-likeness (QED) is 0.700. The molecule has 1 spiro atoms. The topological polar surface area (TPSA) is 38.8 Å². The largest absolute Gasteiger partial charge is 0.338 e. The Hall–Kier alpha value is -1.39. The molecule has 132 valence electrons. The molecule has 24 heavy (non-hydrogen) atoms. The first kappa shape index (κ1) is 17.4. The van der Waals surface area contributed by atoms with Gasteiger partial charge in [0.15, 0.2) is 0 Å². The molecule has 0 aliphatic carbocycles. The molecule has 0 N–H and O–H groups in total. The van der Waals surface area contributed by atoms with Crippen LogP contribution < -0.4 is 4.90 Å². The van der Waals surface area contributed by atoms with Crippen molar-refractivity contribution in [3.05, 3.63) is 29.3 Å². The van der Waals surface area contributed by atoms with Gasteiger partial charge < -0.3 is 14.4 Å². The van der Waals surface area contributed by atoms with Gasteiger partial charge in [-0.25, -0.2) is 0 Å². The lowest BCUT2D eigenvalue weighted by molar-refractivity contribution is -0.256. The van der Waals surface area contributed by atoms with Crippen LogP contribution in [-0.2, 0) is 20.1 Å². The van der Waals surface area contributed by atoms with Crippen LogP contribution in [0.3, 0.4) is 0 Å². The Morgan fingerprint density at radius 1 is 1.08 bits per heavy atom. The van der Waals surface area contributed by atoms with E-state index in [0.29, 0.717) is 13.2 Å². The predicted molar refractivity (Wildman–Crippen MR) is 95.1 cm³/mol. The highest BCUT2D eigenvalue weighted by Crippen LogP contribution is 2.45. The Morgan fingerprint density at radius 2 is 1.79 bits per heavy atom. The second-order valence-corrected chi connectivity index (χ2v) is 6.91. The van der Waals surface area contributed by atoms with Crippen molar-refractivity contribution in [1.29, 1.82) is 0 Å². The number of anilines is 1. The molecule has 0 saturated carbocycles. The fourth-order valence-electron chi connectivity index (χ4n) is 3.63. The number of nitrogens with zero attached hydrogens (tertiary/aromatic N) is 1. The molecule has 1 saturated heterocycles. The highest BCUT2D eigenvalue weighted by molar-refractivity contribution is 6.06. The summed E-state index contributed by atoms with van der Waals surface area (Å²) in [5.74, 6) is -1.24. The Morgan fingerprint density at radius 3 is 2.54 bits per heavy atom. The molecular formula is C20H29NO3. The van der Waals surface area contributed by atoms with Crippen molar-refractivity contribution >= 4 is 11.6 Å². The molecule has 0 unspecified atom stereocenters. The molecule has 1 aromatic carbocycles. The minimum absolute atomic E-state index is 0.0450. The van der Waals surface area contributed by atoms with Gasteiger partial charge >= 0.3 is 0 Å². The standard InChI is InChI=1S/C20H29NO3/c1-3-4-5-6-7-8-12-21-18-11-10-16(2)15-17(18)20(19(21)22)23-13-9-14-24-20/h10-11,15H,3-9,12-14H2,1-2H3. The van der Waals surface area contributed by atoms with Crippen LogP contribution >= 0.6 is 0 Å². The van der Waals surface area contributed by atoms with E-state index in [2.05, 4.69) is 13.0 Å². The molecule has 0 atom stereocenters. The highest BCUT2D eigenvalue weighted by Gasteiger charge is 2.54. The van der Waals surface area contributed by atoms with E-state index in [-0.39, 0.29) is 5.91 Å². The maximum atomic E-state index is 13.1. The molecule has 3 rings (SSSR count). The van der Waals surface area contributed by atoms with E-state index in [1.807, 2.05) is 24.0 Å². The summed E-state index contributed by atoms with van der Waals surface area (Å²) in [6.07, 6.45) is 8.13. The first-order valence-corrected chi connectivity index (χ1v) is 9.40. The van der Waals surface area contributed by atoms with Crippen LogP contribution in [0.5, 0.6) is 0 Å². The van der Waals surface area contributed by atoms with Gasteiger partial charge in [-0.3, -0.25) is 4.79 Å². The number of fused-ring (bicyclic) bond motifs is 2. The fourth-order valence-corrected chi connectivity index (χ4v) is 3.63. The first-order chi connectivity index (χ1) is 11.7. The summed E-state index contributed by atoms with van der Waals surface area (Å²) < 4.78 is 11.8. The summed E-state index contributed by atoms with van der Waals surface area (Å²) in [4.78, 5) is 15.0. The predicted octanol–water partition coefficient (Wildman–Crippen LogP) is 4.29. The summed E-state index contributed by atoms with van der Waals surface area (Å²) in [6, 6.07) is 6.14. The number of benzene rings is 1. The van der Waals surface area contributed by atoms with E-state index in [9.17, 15) is 4.79 Å². The number of carbonyl (C=O) groups is 1. The molecule has 2 aliphatic heterocycles. The maximum Gasteiger partial charge on any atom is 0.292 e. The zero-order valence-corrected chi connectivity index (χ0v) is 15.0. The third kappa shape index (κ3) is 3.22. The second-order valence-electron chi connectivity index (χ2n) is 6.91. The van der Waals surface area contributed by atoms with Crippen molar-refractivity contribution in [2.75, 3.05) is 24.7 Å². The minimum atomic E-state index is -1.19. The summed E-state index contributed by atoms with van der Waals surface area (Å²) in [6.45, 7) is 6.16. The van der Waals surface area contributed by atoms with Crippen LogP contribution in [0.25, 0.3) is 0 Å². The average Bonchev–Trinajstić information content (AvgIpc) is 2.81. The summed E-state index contributed by atoms with van der Waals surface area (Å²) in [5, 5.41) is 0. The van der Waals surface area contributed by atoms with Gasteiger partial charge in [0, 0.05) is 12.1 Å². The molecule has 1 fully saturated rings. The number of ether oxygens (including phenoxy) is 2. The van der Waals surface area contributed by atoms with Crippen LogP contribution in [0.4, 0.5) is 5.69 Å². The lowest BCUT2D eigenvalue weighted by Crippen LogP contribution is -2.47. The average molecular weight is 331 g/mol. The van der Waals surface area contributed by atoms with Gasteiger partial charge in [0.05, 0.1) is 18.9 Å². The summed E-state index contributed by atoms with van der Waals surface area (Å²) >= 11 is 0. The van der Waals surface area contributed by atoms with Gasteiger partial charge in [-0.1, -0.05) is 50.7 Å². The van der Waals surface area contributed by atoms with Crippen LogP contribution in [-0.4, -0.2) is 25.7 Å². The molecule has 0 aromatic heterocycles. The Bertz CT molecular complexity index is 578. The normalized spacial score (nSPS) is 19.1. The van der Waals surface area contributed by atoms with E-state index < -0.39 is 5.79 Å². The van der Waals surface area contributed by atoms with Gasteiger partial charge in [-0.2, -0.15) is 0 Å². The molecule has 1 aromatic rings.